The van der Waals surface area contributed by atoms with E-state index in [-0.39, 0.29) is 0 Å². The van der Waals surface area contributed by atoms with Crippen molar-refractivity contribution >= 4 is 5.91 Å². The first kappa shape index (κ1) is 9.68. The van der Waals surface area contributed by atoms with Gasteiger partial charge >= 0.3 is 0 Å². The van der Waals surface area contributed by atoms with Crippen LogP contribution in [0.3, 0.4) is 0 Å². The summed E-state index contributed by atoms with van der Waals surface area (Å²) in [5, 5.41) is 0. The predicted molar refractivity (Wildman–Crippen MR) is 59.4 cm³/mol. The molecular weight excluding hydrogens is 186 g/mol. The van der Waals surface area contributed by atoms with Crippen LogP contribution in [0.25, 0.3) is 0 Å². The third-order valence-electron chi connectivity index (χ3n) is 4.73. The van der Waals surface area contributed by atoms with Crippen LogP contribution in [0, 0.1) is 11.3 Å². The highest BCUT2D eigenvalue weighted by Gasteiger charge is 2.40. The molecule has 0 N–H and O–H groups in total. The van der Waals surface area contributed by atoms with E-state index >= 15 is 0 Å². The summed E-state index contributed by atoms with van der Waals surface area (Å²) in [6.07, 6.45) is 10.6. The highest BCUT2D eigenvalue weighted by Crippen LogP contribution is 2.46. The number of hydrogen-bond donors (Lipinski definition) is 0. The summed E-state index contributed by atoms with van der Waals surface area (Å²) in [6.45, 7) is 2.10. The van der Waals surface area contributed by atoms with E-state index in [0.717, 1.165) is 25.9 Å². The molecule has 2 heteroatoms. The van der Waals surface area contributed by atoms with E-state index in [2.05, 4.69) is 4.90 Å². The minimum absolute atomic E-state index is 0.419. The molecule has 3 fully saturated rings. The van der Waals surface area contributed by atoms with Crippen molar-refractivity contribution in [2.24, 2.45) is 11.3 Å². The lowest BCUT2D eigenvalue weighted by molar-refractivity contribution is -0.134. The first-order valence-electron chi connectivity index (χ1n) is 6.58. The van der Waals surface area contributed by atoms with Crippen molar-refractivity contribution in [1.29, 1.82) is 0 Å². The fourth-order valence-corrected chi connectivity index (χ4v) is 3.41. The van der Waals surface area contributed by atoms with E-state index in [1.165, 1.54) is 38.5 Å². The zero-order valence-corrected chi connectivity index (χ0v) is 9.50. The Bertz CT molecular complexity index is 254. The van der Waals surface area contributed by atoms with Gasteiger partial charge in [0.05, 0.1) is 0 Å². The maximum Gasteiger partial charge on any atom is 0.225 e. The van der Waals surface area contributed by atoms with Gasteiger partial charge in [0, 0.05) is 19.0 Å². The third kappa shape index (κ3) is 1.79. The molecule has 0 bridgehead atoms. The third-order valence-corrected chi connectivity index (χ3v) is 4.73. The molecule has 1 saturated heterocycles. The smallest absolute Gasteiger partial charge is 0.225 e. The van der Waals surface area contributed by atoms with Gasteiger partial charge in [-0.3, -0.25) is 4.79 Å². The topological polar surface area (TPSA) is 20.3 Å². The lowest BCUT2D eigenvalue weighted by atomic mass is 9.77. The summed E-state index contributed by atoms with van der Waals surface area (Å²) >= 11 is 0. The minimum Gasteiger partial charge on any atom is -0.342 e. The molecule has 2 aliphatic carbocycles. The number of likely N-dealkylation sites (tertiary alicyclic amines) is 1. The van der Waals surface area contributed by atoms with E-state index in [9.17, 15) is 4.79 Å². The summed E-state index contributed by atoms with van der Waals surface area (Å²) < 4.78 is 0. The molecule has 3 aliphatic rings. The highest BCUT2D eigenvalue weighted by molar-refractivity contribution is 5.81. The van der Waals surface area contributed by atoms with Gasteiger partial charge in [0.25, 0.3) is 0 Å². The second kappa shape index (κ2) is 3.50. The monoisotopic (exact) mass is 207 g/mol. The Morgan fingerprint density at radius 2 is 1.60 bits per heavy atom. The Balaban J connectivity index is 1.57. The van der Waals surface area contributed by atoms with E-state index < -0.39 is 0 Å². The second-order valence-corrected chi connectivity index (χ2v) is 5.81. The largest absolute Gasteiger partial charge is 0.342 e. The first-order valence-corrected chi connectivity index (χ1v) is 6.58. The van der Waals surface area contributed by atoms with Crippen LogP contribution in [0.5, 0.6) is 0 Å². The van der Waals surface area contributed by atoms with Crippen LogP contribution in [-0.2, 0) is 4.79 Å². The van der Waals surface area contributed by atoms with Gasteiger partial charge in [-0.25, -0.2) is 0 Å². The Kier molecular flexibility index (Phi) is 2.26. The van der Waals surface area contributed by atoms with Crippen molar-refractivity contribution in [2.75, 3.05) is 13.1 Å². The summed E-state index contributed by atoms with van der Waals surface area (Å²) in [6, 6.07) is 0. The lowest BCUT2D eigenvalue weighted by Crippen LogP contribution is -2.42. The Labute approximate surface area is 92.0 Å². The SMILES string of the molecule is O=C(C1CC1)N1CCC2(CCCC2)CC1. The number of carbonyl (C=O) groups is 1. The Hall–Kier alpha value is -0.530. The molecule has 0 aromatic rings. The van der Waals surface area contributed by atoms with Gasteiger partial charge in [-0.05, 0) is 43.9 Å². The summed E-state index contributed by atoms with van der Waals surface area (Å²) in [7, 11) is 0. The molecule has 1 heterocycles. The summed E-state index contributed by atoms with van der Waals surface area (Å²) in [5.74, 6) is 0.880. The fourth-order valence-electron chi connectivity index (χ4n) is 3.41. The molecule has 3 rings (SSSR count). The molecule has 1 amide bonds. The van der Waals surface area contributed by atoms with Gasteiger partial charge in [0.15, 0.2) is 0 Å². The predicted octanol–water partition coefficient (Wildman–Crippen LogP) is 2.58. The lowest BCUT2D eigenvalue weighted by Gasteiger charge is -2.39. The van der Waals surface area contributed by atoms with Crippen molar-refractivity contribution in [3.8, 4) is 0 Å². The second-order valence-electron chi connectivity index (χ2n) is 5.81. The number of nitrogens with zero attached hydrogens (tertiary/aromatic N) is 1. The molecule has 0 aromatic carbocycles. The van der Waals surface area contributed by atoms with Crippen molar-refractivity contribution in [1.82, 2.24) is 4.90 Å². The molecule has 84 valence electrons. The molecule has 0 atom stereocenters. The zero-order valence-electron chi connectivity index (χ0n) is 9.50. The van der Waals surface area contributed by atoms with Crippen LogP contribution in [0.2, 0.25) is 0 Å². The Morgan fingerprint density at radius 1 is 1.00 bits per heavy atom. The van der Waals surface area contributed by atoms with Crippen LogP contribution in [0.15, 0.2) is 0 Å². The molecule has 0 radical (unpaired) electrons. The molecule has 15 heavy (non-hydrogen) atoms. The number of piperidine rings is 1. The Morgan fingerprint density at radius 3 is 2.13 bits per heavy atom. The molecule has 0 aromatic heterocycles. The van der Waals surface area contributed by atoms with E-state index in [4.69, 9.17) is 0 Å². The standard InChI is InChI=1S/C13H21NO/c15-12(11-3-4-11)14-9-7-13(8-10-14)5-1-2-6-13/h11H,1-10H2. The highest BCUT2D eigenvalue weighted by atomic mass is 16.2. The van der Waals surface area contributed by atoms with Crippen molar-refractivity contribution in [3.63, 3.8) is 0 Å². The van der Waals surface area contributed by atoms with Gasteiger partial charge in [0.2, 0.25) is 5.91 Å². The van der Waals surface area contributed by atoms with Gasteiger partial charge in [-0.2, -0.15) is 0 Å². The van der Waals surface area contributed by atoms with Crippen LogP contribution >= 0.6 is 0 Å². The van der Waals surface area contributed by atoms with Gasteiger partial charge in [-0.15, -0.1) is 0 Å². The normalized spacial score (nSPS) is 29.7. The molecular formula is C13H21NO. The van der Waals surface area contributed by atoms with Crippen LogP contribution in [0.4, 0.5) is 0 Å². The average molecular weight is 207 g/mol. The van der Waals surface area contributed by atoms with Crippen molar-refractivity contribution in [2.45, 2.75) is 51.4 Å². The average Bonchev–Trinajstić information content (AvgIpc) is 3.02. The van der Waals surface area contributed by atoms with Gasteiger partial charge in [0.1, 0.15) is 0 Å². The maximum absolute atomic E-state index is 11.9. The van der Waals surface area contributed by atoms with Crippen LogP contribution in [0.1, 0.15) is 51.4 Å². The number of carbonyl (C=O) groups excluding carboxylic acids is 1. The first-order chi connectivity index (χ1) is 7.29. The van der Waals surface area contributed by atoms with E-state index in [1.54, 1.807) is 0 Å². The maximum atomic E-state index is 11.9. The van der Waals surface area contributed by atoms with Crippen molar-refractivity contribution in [3.05, 3.63) is 0 Å². The van der Waals surface area contributed by atoms with E-state index in [1.807, 2.05) is 0 Å². The quantitative estimate of drug-likeness (QED) is 0.647. The number of rotatable bonds is 1. The zero-order chi connectivity index (χ0) is 10.3. The number of amides is 1. The minimum atomic E-state index is 0.419. The molecule has 0 unspecified atom stereocenters. The number of hydrogen-bond acceptors (Lipinski definition) is 1. The van der Waals surface area contributed by atoms with E-state index in [0.29, 0.717) is 17.2 Å². The summed E-state index contributed by atoms with van der Waals surface area (Å²) in [4.78, 5) is 14.0. The molecule has 2 saturated carbocycles. The van der Waals surface area contributed by atoms with Crippen molar-refractivity contribution < 1.29 is 4.79 Å². The van der Waals surface area contributed by atoms with Gasteiger partial charge < -0.3 is 4.90 Å². The van der Waals surface area contributed by atoms with Crippen LogP contribution in [-0.4, -0.2) is 23.9 Å². The van der Waals surface area contributed by atoms with Gasteiger partial charge in [-0.1, -0.05) is 12.8 Å². The fraction of sp³-hybridized carbons (Fsp3) is 0.923. The van der Waals surface area contributed by atoms with Crippen LogP contribution < -0.4 is 0 Å². The molecule has 1 aliphatic heterocycles. The molecule has 1 spiro atoms. The summed E-state index contributed by atoms with van der Waals surface area (Å²) in [5.41, 5.74) is 0.653. The molecule has 2 nitrogen and oxygen atoms in total.